The highest BCUT2D eigenvalue weighted by Gasteiger charge is 2.21. The maximum absolute atomic E-state index is 12.3. The second-order valence-corrected chi connectivity index (χ2v) is 7.34. The van der Waals surface area contributed by atoms with Crippen molar-refractivity contribution in [3.05, 3.63) is 32.7 Å². The molecule has 0 atom stereocenters. The summed E-state index contributed by atoms with van der Waals surface area (Å²) in [6.45, 7) is 5.59. The Bertz CT molecular complexity index is 485. The number of nitrogens with zero attached hydrogens (tertiary/aromatic N) is 1. The normalized spacial score (nSPS) is 16.9. The van der Waals surface area contributed by atoms with Crippen LogP contribution in [0.2, 0.25) is 0 Å². The largest absolute Gasteiger partial charge is 0.349 e. The summed E-state index contributed by atoms with van der Waals surface area (Å²) in [6, 6.07) is 5.95. The van der Waals surface area contributed by atoms with Gasteiger partial charge in [-0.1, -0.05) is 29.3 Å². The van der Waals surface area contributed by atoms with Crippen molar-refractivity contribution in [3.8, 4) is 0 Å². The summed E-state index contributed by atoms with van der Waals surface area (Å²) in [5.74, 6) is 0.0152. The average molecular weight is 418 g/mol. The average Bonchev–Trinajstić information content (AvgIpc) is 2.46. The zero-order valence-corrected chi connectivity index (χ0v) is 15.5. The maximum Gasteiger partial charge on any atom is 0.252 e. The molecule has 0 aromatic heterocycles. The number of carbonyl (C=O) groups excluding carboxylic acids is 1. The van der Waals surface area contributed by atoms with E-state index in [1.807, 2.05) is 18.2 Å². The third-order valence-corrected chi connectivity index (χ3v) is 5.08. The lowest BCUT2D eigenvalue weighted by Crippen LogP contribution is -2.44. The van der Waals surface area contributed by atoms with Gasteiger partial charge in [0.1, 0.15) is 0 Å². The Morgan fingerprint density at radius 3 is 2.67 bits per heavy atom. The lowest BCUT2D eigenvalue weighted by Gasteiger charge is -2.32. The molecule has 3 nitrogen and oxygen atoms in total. The molecule has 1 aliphatic heterocycles. The van der Waals surface area contributed by atoms with Crippen LogP contribution in [0.15, 0.2) is 27.1 Å². The van der Waals surface area contributed by atoms with Gasteiger partial charge in [0.25, 0.3) is 5.91 Å². The summed E-state index contributed by atoms with van der Waals surface area (Å²) >= 11 is 6.86. The van der Waals surface area contributed by atoms with Gasteiger partial charge in [-0.2, -0.15) is 0 Å². The number of benzene rings is 1. The lowest BCUT2D eigenvalue weighted by atomic mass is 10.0. The van der Waals surface area contributed by atoms with E-state index in [9.17, 15) is 4.79 Å². The Morgan fingerprint density at radius 2 is 2.05 bits per heavy atom. The molecule has 1 aliphatic rings. The minimum Gasteiger partial charge on any atom is -0.349 e. The van der Waals surface area contributed by atoms with Crippen molar-refractivity contribution in [1.29, 1.82) is 0 Å². The van der Waals surface area contributed by atoms with Gasteiger partial charge < -0.3 is 10.2 Å². The number of nitrogens with one attached hydrogen (secondary N) is 1. The van der Waals surface area contributed by atoms with Crippen LogP contribution in [0, 0.1) is 0 Å². The van der Waals surface area contributed by atoms with Gasteiger partial charge in [0.05, 0.1) is 5.56 Å². The van der Waals surface area contributed by atoms with Crippen molar-refractivity contribution in [1.82, 2.24) is 10.2 Å². The SMILES string of the molecule is CCCCN1CCC(NC(=O)c2ccc(Br)cc2Br)CC1. The molecule has 0 spiro atoms. The van der Waals surface area contributed by atoms with Gasteiger partial charge >= 0.3 is 0 Å². The van der Waals surface area contributed by atoms with Crippen LogP contribution < -0.4 is 5.32 Å². The fraction of sp³-hybridized carbons (Fsp3) is 0.562. The molecular formula is C16H22Br2N2O. The summed E-state index contributed by atoms with van der Waals surface area (Å²) in [6.07, 6.45) is 4.60. The quantitative estimate of drug-likeness (QED) is 0.778. The Labute approximate surface area is 143 Å². The number of hydrogen-bond donors (Lipinski definition) is 1. The molecule has 1 N–H and O–H groups in total. The zero-order chi connectivity index (χ0) is 15.2. The van der Waals surface area contributed by atoms with Gasteiger partial charge in [-0.15, -0.1) is 0 Å². The zero-order valence-electron chi connectivity index (χ0n) is 12.4. The predicted octanol–water partition coefficient (Wildman–Crippen LogP) is 4.21. The highest BCUT2D eigenvalue weighted by atomic mass is 79.9. The van der Waals surface area contributed by atoms with E-state index in [1.54, 1.807) is 0 Å². The van der Waals surface area contributed by atoms with Gasteiger partial charge in [0.15, 0.2) is 0 Å². The Hall–Kier alpha value is -0.390. The van der Waals surface area contributed by atoms with Gasteiger partial charge in [0.2, 0.25) is 0 Å². The summed E-state index contributed by atoms with van der Waals surface area (Å²) in [5, 5.41) is 3.16. The Balaban J connectivity index is 1.84. The molecular weight excluding hydrogens is 396 g/mol. The lowest BCUT2D eigenvalue weighted by molar-refractivity contribution is 0.0910. The van der Waals surface area contributed by atoms with Crippen molar-refractivity contribution in [3.63, 3.8) is 0 Å². The molecule has 0 bridgehead atoms. The first-order valence-corrected chi connectivity index (χ1v) is 9.17. The third kappa shape index (κ3) is 5.08. The van der Waals surface area contributed by atoms with Crippen molar-refractivity contribution in [2.45, 2.75) is 38.6 Å². The molecule has 1 heterocycles. The van der Waals surface area contributed by atoms with Gasteiger partial charge in [-0.05, 0) is 59.9 Å². The van der Waals surface area contributed by atoms with Gasteiger partial charge in [0, 0.05) is 28.1 Å². The topological polar surface area (TPSA) is 32.3 Å². The predicted molar refractivity (Wildman–Crippen MR) is 93.7 cm³/mol. The smallest absolute Gasteiger partial charge is 0.252 e. The Morgan fingerprint density at radius 1 is 1.33 bits per heavy atom. The summed E-state index contributed by atoms with van der Waals surface area (Å²) in [7, 11) is 0. The molecule has 1 amide bonds. The van der Waals surface area contributed by atoms with Crippen molar-refractivity contribution in [2.75, 3.05) is 19.6 Å². The molecule has 1 fully saturated rings. The molecule has 5 heteroatoms. The molecule has 2 rings (SSSR count). The van der Waals surface area contributed by atoms with Crippen LogP contribution in [0.25, 0.3) is 0 Å². The summed E-state index contributed by atoms with van der Waals surface area (Å²) in [4.78, 5) is 14.8. The van der Waals surface area contributed by atoms with E-state index in [4.69, 9.17) is 0 Å². The van der Waals surface area contributed by atoms with E-state index in [0.29, 0.717) is 11.6 Å². The third-order valence-electron chi connectivity index (χ3n) is 3.93. The second-order valence-electron chi connectivity index (χ2n) is 5.57. The minimum atomic E-state index is 0.0152. The van der Waals surface area contributed by atoms with Crippen LogP contribution in [0.1, 0.15) is 43.0 Å². The van der Waals surface area contributed by atoms with E-state index in [1.165, 1.54) is 19.4 Å². The summed E-state index contributed by atoms with van der Waals surface area (Å²) in [5.41, 5.74) is 0.701. The number of likely N-dealkylation sites (tertiary alicyclic amines) is 1. The highest BCUT2D eigenvalue weighted by molar-refractivity contribution is 9.11. The molecule has 0 unspecified atom stereocenters. The van der Waals surface area contributed by atoms with Gasteiger partial charge in [-0.25, -0.2) is 0 Å². The van der Waals surface area contributed by atoms with Crippen LogP contribution in [0.3, 0.4) is 0 Å². The van der Waals surface area contributed by atoms with Crippen LogP contribution in [-0.4, -0.2) is 36.5 Å². The van der Waals surface area contributed by atoms with Crippen LogP contribution in [-0.2, 0) is 0 Å². The Kier molecular flexibility index (Phi) is 6.71. The molecule has 1 aromatic carbocycles. The number of unbranched alkanes of at least 4 members (excludes halogenated alkanes) is 1. The fourth-order valence-corrected chi connectivity index (χ4v) is 3.85. The maximum atomic E-state index is 12.3. The van der Waals surface area contributed by atoms with E-state index in [2.05, 4.69) is 49.0 Å². The van der Waals surface area contributed by atoms with Crippen LogP contribution in [0.4, 0.5) is 0 Å². The number of carbonyl (C=O) groups is 1. The molecule has 1 saturated heterocycles. The number of piperidine rings is 1. The number of halogens is 2. The van der Waals surface area contributed by atoms with Crippen molar-refractivity contribution >= 4 is 37.8 Å². The van der Waals surface area contributed by atoms with E-state index >= 15 is 0 Å². The highest BCUT2D eigenvalue weighted by Crippen LogP contribution is 2.22. The standard InChI is InChI=1S/C16H22Br2N2O/c1-2-3-8-20-9-6-13(7-10-20)19-16(21)14-5-4-12(17)11-15(14)18/h4-5,11,13H,2-3,6-10H2,1H3,(H,19,21). The molecule has 0 aliphatic carbocycles. The monoisotopic (exact) mass is 416 g/mol. The van der Waals surface area contributed by atoms with Crippen LogP contribution >= 0.6 is 31.9 Å². The van der Waals surface area contributed by atoms with Crippen molar-refractivity contribution in [2.24, 2.45) is 0 Å². The first-order valence-electron chi connectivity index (χ1n) is 7.58. The number of rotatable bonds is 5. The first kappa shape index (κ1) is 17.0. The second kappa shape index (κ2) is 8.30. The summed E-state index contributed by atoms with van der Waals surface area (Å²) < 4.78 is 1.80. The fourth-order valence-electron chi connectivity index (χ4n) is 2.62. The van der Waals surface area contributed by atoms with Crippen molar-refractivity contribution < 1.29 is 4.79 Å². The first-order chi connectivity index (χ1) is 10.1. The van der Waals surface area contributed by atoms with Gasteiger partial charge in [-0.3, -0.25) is 4.79 Å². The molecule has 0 radical (unpaired) electrons. The number of amides is 1. The van der Waals surface area contributed by atoms with E-state index in [0.717, 1.165) is 34.9 Å². The van der Waals surface area contributed by atoms with E-state index < -0.39 is 0 Å². The number of hydrogen-bond acceptors (Lipinski definition) is 2. The molecule has 116 valence electrons. The van der Waals surface area contributed by atoms with E-state index in [-0.39, 0.29) is 5.91 Å². The molecule has 0 saturated carbocycles. The van der Waals surface area contributed by atoms with Crippen LogP contribution in [0.5, 0.6) is 0 Å². The molecule has 1 aromatic rings. The minimum absolute atomic E-state index is 0.0152. The molecule has 21 heavy (non-hydrogen) atoms.